The van der Waals surface area contributed by atoms with Crippen LogP contribution in [0.5, 0.6) is 0 Å². The van der Waals surface area contributed by atoms with Crippen molar-refractivity contribution in [3.8, 4) is 0 Å². The molecule has 2 aromatic rings. The Morgan fingerprint density at radius 1 is 1.25 bits per heavy atom. The highest BCUT2D eigenvalue weighted by Crippen LogP contribution is 2.22. The first-order valence-corrected chi connectivity index (χ1v) is 9.36. The summed E-state index contributed by atoms with van der Waals surface area (Å²) in [7, 11) is 0. The molecule has 1 aliphatic heterocycles. The fraction of sp³-hybridized carbons (Fsp3) is 0.400. The lowest BCUT2D eigenvalue weighted by Crippen LogP contribution is -2.51. The summed E-state index contributed by atoms with van der Waals surface area (Å²) in [4.78, 5) is 41.4. The first-order chi connectivity index (χ1) is 13.4. The van der Waals surface area contributed by atoms with Crippen molar-refractivity contribution in [1.29, 1.82) is 0 Å². The van der Waals surface area contributed by atoms with Crippen LogP contribution in [0, 0.1) is 0 Å². The Kier molecular flexibility index (Phi) is 5.77. The lowest BCUT2D eigenvalue weighted by Gasteiger charge is -2.25. The predicted molar refractivity (Wildman–Crippen MR) is 104 cm³/mol. The van der Waals surface area contributed by atoms with Gasteiger partial charge < -0.3 is 14.5 Å². The van der Waals surface area contributed by atoms with E-state index in [4.69, 9.17) is 0 Å². The second-order valence-electron chi connectivity index (χ2n) is 7.15. The second kappa shape index (κ2) is 8.24. The summed E-state index contributed by atoms with van der Waals surface area (Å²) in [5.41, 5.74) is 1.69. The maximum absolute atomic E-state index is 12.5. The quantitative estimate of drug-likeness (QED) is 0.770. The van der Waals surface area contributed by atoms with Crippen molar-refractivity contribution in [2.75, 3.05) is 6.54 Å². The molecular weight excluding hydrogens is 358 g/mol. The van der Waals surface area contributed by atoms with Crippen LogP contribution in [0.15, 0.2) is 36.6 Å². The van der Waals surface area contributed by atoms with Gasteiger partial charge in [-0.05, 0) is 30.5 Å². The number of hydrogen-bond acceptors (Lipinski definition) is 4. The number of aromatic nitrogens is 3. The number of aryl methyl sites for hydroxylation is 2. The zero-order valence-corrected chi connectivity index (χ0v) is 16.4. The normalized spacial score (nSPS) is 16.1. The number of amides is 3. The lowest BCUT2D eigenvalue weighted by atomic mass is 10.1. The minimum absolute atomic E-state index is 0.0749. The number of imidazole rings is 1. The Labute approximate surface area is 163 Å². The lowest BCUT2D eigenvalue weighted by molar-refractivity contribution is -0.147. The number of carbonyl (C=O) groups is 3. The molecule has 28 heavy (non-hydrogen) atoms. The van der Waals surface area contributed by atoms with Crippen LogP contribution in [0.4, 0.5) is 0 Å². The van der Waals surface area contributed by atoms with Gasteiger partial charge in [0.2, 0.25) is 11.8 Å². The molecule has 0 bridgehead atoms. The van der Waals surface area contributed by atoms with Crippen molar-refractivity contribution in [3.05, 3.63) is 47.9 Å². The molecule has 1 N–H and O–H groups in total. The van der Waals surface area contributed by atoms with Crippen molar-refractivity contribution in [3.63, 3.8) is 0 Å². The van der Waals surface area contributed by atoms with Crippen molar-refractivity contribution in [1.82, 2.24) is 24.3 Å². The summed E-state index contributed by atoms with van der Waals surface area (Å²) in [5, 5.41) is 2.56. The van der Waals surface area contributed by atoms with E-state index >= 15 is 0 Å². The highest BCUT2D eigenvalue weighted by atomic mass is 16.2. The molecule has 1 saturated heterocycles. The zero-order chi connectivity index (χ0) is 20.3. The number of nitrogens with one attached hydrogen (secondary N) is 1. The van der Waals surface area contributed by atoms with Crippen molar-refractivity contribution >= 4 is 23.8 Å². The number of carbonyl (C=O) groups excluding carboxylic acids is 3. The second-order valence-corrected chi connectivity index (χ2v) is 7.15. The molecule has 0 atom stereocenters. The van der Waals surface area contributed by atoms with E-state index in [-0.39, 0.29) is 18.2 Å². The zero-order valence-electron chi connectivity index (χ0n) is 16.4. The van der Waals surface area contributed by atoms with Crippen LogP contribution >= 0.6 is 0 Å². The Morgan fingerprint density at radius 2 is 1.96 bits per heavy atom. The molecule has 0 radical (unpaired) electrons. The minimum atomic E-state index is -0.510. The number of rotatable bonds is 6. The molecule has 0 saturated carbocycles. The van der Waals surface area contributed by atoms with E-state index < -0.39 is 17.7 Å². The topological polar surface area (TPSA) is 89.2 Å². The standard InChI is InChI=1S/C20H25N5O3/c1-14(2)19-16(11-17-20(28)25(15(3)26)12-18(27)22-17)21-13-24(19)10-6-9-23-7-4-5-8-23/h4-5,7-8,11,13-14H,6,9-10,12H2,1-3H3,(H,22,27)/b17-11-. The molecule has 2 aromatic heterocycles. The molecule has 8 heteroatoms. The first-order valence-electron chi connectivity index (χ1n) is 9.36. The van der Waals surface area contributed by atoms with E-state index in [1.807, 2.05) is 24.5 Å². The van der Waals surface area contributed by atoms with Gasteiger partial charge in [0.05, 0.1) is 12.0 Å². The van der Waals surface area contributed by atoms with E-state index in [1.165, 1.54) is 6.92 Å². The van der Waals surface area contributed by atoms with Crippen LogP contribution in [0.2, 0.25) is 0 Å². The van der Waals surface area contributed by atoms with E-state index in [0.717, 1.165) is 30.1 Å². The average molecular weight is 383 g/mol. The largest absolute Gasteiger partial charge is 0.354 e. The van der Waals surface area contributed by atoms with E-state index in [0.29, 0.717) is 5.69 Å². The van der Waals surface area contributed by atoms with Crippen LogP contribution in [0.25, 0.3) is 6.08 Å². The molecule has 3 heterocycles. The van der Waals surface area contributed by atoms with Gasteiger partial charge in [-0.15, -0.1) is 0 Å². The van der Waals surface area contributed by atoms with Gasteiger partial charge in [0.25, 0.3) is 5.91 Å². The Morgan fingerprint density at radius 3 is 2.61 bits per heavy atom. The van der Waals surface area contributed by atoms with Crippen LogP contribution in [0.3, 0.4) is 0 Å². The van der Waals surface area contributed by atoms with E-state index in [1.54, 1.807) is 12.4 Å². The Balaban J connectivity index is 1.82. The molecule has 0 aliphatic carbocycles. The Hall–Kier alpha value is -3.16. The van der Waals surface area contributed by atoms with E-state index in [2.05, 4.69) is 33.3 Å². The first kappa shape index (κ1) is 19.6. The number of nitrogens with zero attached hydrogens (tertiary/aromatic N) is 4. The maximum atomic E-state index is 12.5. The SMILES string of the molecule is CC(=O)N1CC(=O)N/C(=C\c2ncn(CCCn3cccc3)c2C(C)C)C1=O. The fourth-order valence-corrected chi connectivity index (χ4v) is 3.36. The summed E-state index contributed by atoms with van der Waals surface area (Å²) < 4.78 is 4.21. The van der Waals surface area contributed by atoms with Gasteiger partial charge in [-0.1, -0.05) is 13.8 Å². The third-order valence-electron chi connectivity index (χ3n) is 4.65. The molecule has 0 aromatic carbocycles. The fourth-order valence-electron chi connectivity index (χ4n) is 3.36. The number of hydrogen-bond donors (Lipinski definition) is 1. The summed E-state index contributed by atoms with van der Waals surface area (Å²) in [5.74, 6) is -1.17. The summed E-state index contributed by atoms with van der Waals surface area (Å²) in [6.45, 7) is 6.84. The molecule has 1 fully saturated rings. The molecule has 8 nitrogen and oxygen atoms in total. The minimum Gasteiger partial charge on any atom is -0.354 e. The van der Waals surface area contributed by atoms with Gasteiger partial charge in [-0.3, -0.25) is 19.3 Å². The highest BCUT2D eigenvalue weighted by molar-refractivity contribution is 6.12. The van der Waals surface area contributed by atoms with Gasteiger partial charge in [0.15, 0.2) is 0 Å². The third kappa shape index (κ3) is 4.21. The van der Waals surface area contributed by atoms with Crippen LogP contribution < -0.4 is 5.32 Å². The summed E-state index contributed by atoms with van der Waals surface area (Å²) in [6.07, 6.45) is 8.33. The summed E-state index contributed by atoms with van der Waals surface area (Å²) in [6, 6.07) is 4.00. The van der Waals surface area contributed by atoms with Crippen molar-refractivity contribution < 1.29 is 14.4 Å². The molecule has 3 rings (SSSR count). The predicted octanol–water partition coefficient (Wildman–Crippen LogP) is 1.74. The van der Waals surface area contributed by atoms with Crippen molar-refractivity contribution in [2.24, 2.45) is 0 Å². The molecule has 3 amide bonds. The smallest absolute Gasteiger partial charge is 0.277 e. The summed E-state index contributed by atoms with van der Waals surface area (Å²) >= 11 is 0. The molecular formula is C20H25N5O3. The van der Waals surface area contributed by atoms with Gasteiger partial charge in [-0.2, -0.15) is 0 Å². The number of imide groups is 1. The monoisotopic (exact) mass is 383 g/mol. The molecule has 0 spiro atoms. The molecule has 148 valence electrons. The van der Waals surface area contributed by atoms with Crippen molar-refractivity contribution in [2.45, 2.75) is 46.2 Å². The van der Waals surface area contributed by atoms with Gasteiger partial charge in [0, 0.05) is 38.1 Å². The highest BCUT2D eigenvalue weighted by Gasteiger charge is 2.31. The van der Waals surface area contributed by atoms with Crippen LogP contribution in [-0.2, 0) is 27.5 Å². The third-order valence-corrected chi connectivity index (χ3v) is 4.65. The maximum Gasteiger partial charge on any atom is 0.277 e. The number of piperazine rings is 1. The molecule has 0 unspecified atom stereocenters. The van der Waals surface area contributed by atoms with Crippen LogP contribution in [-0.4, -0.2) is 43.3 Å². The molecule has 1 aliphatic rings. The average Bonchev–Trinajstić information content (AvgIpc) is 3.27. The van der Waals surface area contributed by atoms with E-state index in [9.17, 15) is 14.4 Å². The van der Waals surface area contributed by atoms with Gasteiger partial charge in [-0.25, -0.2) is 4.98 Å². The van der Waals surface area contributed by atoms with Gasteiger partial charge >= 0.3 is 0 Å². The Bertz CT molecular complexity index is 908. The van der Waals surface area contributed by atoms with Gasteiger partial charge in [0.1, 0.15) is 12.2 Å². The van der Waals surface area contributed by atoms with Crippen LogP contribution in [0.1, 0.15) is 44.5 Å².